The van der Waals surface area contributed by atoms with E-state index in [9.17, 15) is 14.0 Å². The van der Waals surface area contributed by atoms with Crippen LogP contribution in [-0.2, 0) is 19.2 Å². The number of rotatable bonds is 6. The second-order valence-corrected chi connectivity index (χ2v) is 14.0. The molecule has 17 heteroatoms. The van der Waals surface area contributed by atoms with Gasteiger partial charge in [0, 0.05) is 29.8 Å². The summed E-state index contributed by atoms with van der Waals surface area (Å²) in [5, 5.41) is 11.8. The second-order valence-electron chi connectivity index (χ2n) is 13.3. The quantitative estimate of drug-likeness (QED) is 0.0846. The smallest absolute Gasteiger partial charge is 1.00 e. The number of ether oxygens (including phenoxy) is 2. The fourth-order valence-corrected chi connectivity index (χ4v) is 6.95. The largest absolute Gasteiger partial charge is 1.00 e. The maximum atomic E-state index is 11.9. The van der Waals surface area contributed by atoms with Crippen molar-refractivity contribution in [1.29, 1.82) is 0 Å². The first-order valence-electron chi connectivity index (χ1n) is 19.4. The minimum absolute atomic E-state index is 0. The molecule has 6 aromatic rings. The molecule has 312 valence electrons. The summed E-state index contributed by atoms with van der Waals surface area (Å²) in [6.45, 7) is 6.48. The van der Waals surface area contributed by atoms with Crippen molar-refractivity contribution in [3.63, 3.8) is 0 Å². The minimum atomic E-state index is -1.00. The molecule has 13 nitrogen and oxygen atoms in total. The predicted octanol–water partition coefficient (Wildman–Crippen LogP) is 1.82. The number of nitrogens with zero attached hydrogens (tertiary/aromatic N) is 5. The number of alkyl halides is 1. The minimum Gasteiger partial charge on any atom is -1.00 e. The first kappa shape index (κ1) is 52.7. The number of hydrogen-bond donors (Lipinski definition) is 1. The summed E-state index contributed by atoms with van der Waals surface area (Å²) in [5.74, 6) is 0.134. The zero-order chi connectivity index (χ0) is 43.4. The Balaban J connectivity index is 0.000000479. The van der Waals surface area contributed by atoms with E-state index < -0.39 is 7.15 Å². The van der Waals surface area contributed by atoms with Gasteiger partial charge in [0.25, 0.3) is 6.47 Å². The zero-order valence-electron chi connectivity index (χ0n) is 37.3. The first-order chi connectivity index (χ1) is 29.1. The molecular weight excluding hydrogens is 902 g/mol. The third-order valence-corrected chi connectivity index (χ3v) is 9.93. The van der Waals surface area contributed by atoms with Gasteiger partial charge in [0.1, 0.15) is 16.0 Å². The van der Waals surface area contributed by atoms with Crippen molar-refractivity contribution in [1.82, 2.24) is 25.3 Å². The molecule has 0 saturated carbocycles. The molecule has 2 aliphatic heterocycles. The Hall–Kier alpha value is -2.63. The monoisotopic (exact) mass is 949 g/mol. The van der Waals surface area contributed by atoms with E-state index in [0.29, 0.717) is 32.8 Å². The van der Waals surface area contributed by atoms with Gasteiger partial charge in [0.15, 0.2) is 5.82 Å². The number of carbonyl (C=O) groups excluding carboxylic acids is 3. The molecule has 0 spiro atoms. The summed E-state index contributed by atoms with van der Waals surface area (Å²) in [6, 6.07) is 31.6. The topological polar surface area (TPSA) is 169 Å². The van der Waals surface area contributed by atoms with Gasteiger partial charge in [-0.05, 0) is 98.4 Å². The van der Waals surface area contributed by atoms with Crippen molar-refractivity contribution in [2.45, 2.75) is 51.6 Å². The van der Waals surface area contributed by atoms with Crippen molar-refractivity contribution in [2.75, 3.05) is 39.4 Å². The maximum absolute atomic E-state index is 11.9. The number of esters is 2. The first-order valence-corrected chi connectivity index (χ1v) is 19.5. The van der Waals surface area contributed by atoms with Crippen LogP contribution in [0.1, 0.15) is 63.0 Å². The van der Waals surface area contributed by atoms with Gasteiger partial charge in [-0.25, -0.2) is 29.5 Å². The average Bonchev–Trinajstić information content (AvgIpc) is 3.96. The Morgan fingerprint density at radius 2 is 1.30 bits per heavy atom. The third kappa shape index (κ3) is 15.8. The normalized spacial score (nSPS) is 14.9. The molecule has 0 aliphatic carbocycles. The molecule has 2 fully saturated rings. The van der Waals surface area contributed by atoms with Gasteiger partial charge in [-0.15, -0.1) is 0 Å². The standard InChI is InChI=1S/C21H21N3O2.C16H11BrN2O2.C5H11N.CH3F.CH2O3.2K.H/c1-14-7-6-12-24(14)20-19(15-8-4-3-5-9-15)22-17-11-10-16(21(25)26-2)13-18(17)23-20;1-21-16(20)11-7-8-12-13(9-11)19-15(17)14(18-12)10-5-3-2-4-6-10;1-5-3-2-4-6-5;1-2;2-1-4-3;;;/h3-5,8-11,13-14H,6-7,12H2,1-2H3;2-9H,1H3;5-6H,2-4H2,1H3;1H3;1,3H;;;/q;;;;;2*+1;-1/p-1/i;;;1D;;;;. The Bertz CT molecular complexity index is 2330. The third-order valence-electron chi connectivity index (χ3n) is 9.38. The zero-order valence-corrected chi connectivity index (χ0v) is 43.1. The number of benzene rings is 4. The number of hydrogen-bond acceptors (Lipinski definition) is 13. The molecule has 2 unspecified atom stereocenters. The molecule has 61 heavy (non-hydrogen) atoms. The van der Waals surface area contributed by atoms with Gasteiger partial charge in [-0.3, -0.25) is 9.18 Å². The molecule has 2 aliphatic rings. The van der Waals surface area contributed by atoms with E-state index in [1.54, 1.807) is 30.3 Å². The Labute approximate surface area is 451 Å². The molecule has 0 bridgehead atoms. The molecule has 4 aromatic carbocycles. The number of nitrogens with one attached hydrogen (secondary N) is 1. The van der Waals surface area contributed by atoms with Crippen LogP contribution in [0.25, 0.3) is 44.6 Å². The second kappa shape index (κ2) is 28.9. The van der Waals surface area contributed by atoms with Crippen molar-refractivity contribution >= 4 is 62.2 Å². The van der Waals surface area contributed by atoms with Crippen LogP contribution in [0.5, 0.6) is 0 Å². The molecule has 0 amide bonds. The van der Waals surface area contributed by atoms with Gasteiger partial charge >= 0.3 is 115 Å². The van der Waals surface area contributed by atoms with E-state index in [4.69, 9.17) is 30.9 Å². The van der Waals surface area contributed by atoms with Gasteiger partial charge in [0.2, 0.25) is 0 Å². The van der Waals surface area contributed by atoms with E-state index >= 15 is 0 Å². The summed E-state index contributed by atoms with van der Waals surface area (Å²) in [4.78, 5) is 55.9. The Morgan fingerprint density at radius 1 is 0.803 bits per heavy atom. The van der Waals surface area contributed by atoms with Crippen molar-refractivity contribution < 1.29 is 144 Å². The fraction of sp³-hybridized carbons (Fsp3) is 0.295. The number of methoxy groups -OCH3 is 2. The molecule has 2 aromatic heterocycles. The van der Waals surface area contributed by atoms with E-state index in [0.717, 1.165) is 64.8 Å². The Morgan fingerprint density at radius 3 is 1.70 bits per heavy atom. The van der Waals surface area contributed by atoms with E-state index in [-0.39, 0.29) is 123 Å². The SMILES string of the molecule is CC1CCCN1.COC(=O)c1ccc2nc(-c3ccccc3)c(Br)nc2c1.COC(=O)c1ccc2nc(-c3ccccc3)c(N3CCCC3C)nc2c1.O=CO[O-].[2H]CF.[H-].[K+].[K+]. The molecular formula is C44H48BrFK2N6O7. The molecule has 1 N–H and O–H groups in total. The average molecular weight is 951 g/mol. The predicted molar refractivity (Wildman–Crippen MR) is 228 cm³/mol. The fourth-order valence-electron chi connectivity index (χ4n) is 6.44. The van der Waals surface area contributed by atoms with E-state index in [1.165, 1.54) is 33.6 Å². The van der Waals surface area contributed by atoms with Crippen molar-refractivity contribution in [3.8, 4) is 22.5 Å². The summed E-state index contributed by atoms with van der Waals surface area (Å²) in [6.07, 6.45) is 5.05. The van der Waals surface area contributed by atoms with Crippen LogP contribution in [0.15, 0.2) is 102 Å². The van der Waals surface area contributed by atoms with Crippen LogP contribution in [-0.4, -0.2) is 84.9 Å². The van der Waals surface area contributed by atoms with Crippen molar-refractivity contribution in [3.05, 3.63) is 113 Å². The number of aromatic nitrogens is 4. The van der Waals surface area contributed by atoms with Crippen LogP contribution in [0.4, 0.5) is 10.2 Å². The van der Waals surface area contributed by atoms with Crippen LogP contribution in [0.3, 0.4) is 0 Å². The molecule has 0 radical (unpaired) electrons. The molecule has 4 heterocycles. The summed E-state index contributed by atoms with van der Waals surface area (Å²) >= 11 is 3.44. The number of fused-ring (bicyclic) bond motifs is 2. The van der Waals surface area contributed by atoms with Crippen LogP contribution in [0.2, 0.25) is 0 Å². The Kier molecular flexibility index (Phi) is 25.0. The van der Waals surface area contributed by atoms with E-state index in [1.807, 2.05) is 54.6 Å². The molecule has 2 saturated heterocycles. The van der Waals surface area contributed by atoms with E-state index in [2.05, 4.69) is 67.0 Å². The van der Waals surface area contributed by atoms with Gasteiger partial charge in [-0.1, -0.05) is 60.7 Å². The number of anilines is 1. The summed E-state index contributed by atoms with van der Waals surface area (Å²) < 4.78 is 25.7. The maximum Gasteiger partial charge on any atom is 1.00 e. The number of carbonyl (C=O) groups is 3. The van der Waals surface area contributed by atoms with Gasteiger partial charge < -0.3 is 31.3 Å². The molecule has 2 atom stereocenters. The van der Waals surface area contributed by atoms with Crippen LogP contribution in [0, 0.1) is 0 Å². The summed E-state index contributed by atoms with van der Waals surface area (Å²) in [7, 11) is 1.74. The van der Waals surface area contributed by atoms with Crippen molar-refractivity contribution in [2.24, 2.45) is 0 Å². The van der Waals surface area contributed by atoms with Crippen LogP contribution < -0.4 is 118 Å². The molecule has 8 rings (SSSR count). The summed E-state index contributed by atoms with van der Waals surface area (Å²) in [5.41, 5.74) is 7.49. The number of halogens is 2. The van der Waals surface area contributed by atoms with Gasteiger partial charge in [0.05, 0.1) is 55.9 Å². The van der Waals surface area contributed by atoms with Crippen LogP contribution >= 0.6 is 15.9 Å². The van der Waals surface area contributed by atoms with Gasteiger partial charge in [-0.2, -0.15) is 0 Å².